The lowest BCUT2D eigenvalue weighted by Gasteiger charge is -2.37. The van der Waals surface area contributed by atoms with Gasteiger partial charge in [0.2, 0.25) is 0 Å². The van der Waals surface area contributed by atoms with Crippen LogP contribution in [0.4, 0.5) is 13.2 Å². The Morgan fingerprint density at radius 3 is 2.45 bits per heavy atom. The van der Waals surface area contributed by atoms with Crippen LogP contribution in [-0.4, -0.2) is 24.2 Å². The number of fused-ring (bicyclic) bond motifs is 1. The first-order chi connectivity index (χ1) is 9.45. The Morgan fingerprint density at radius 1 is 1.10 bits per heavy atom. The molecule has 1 nitrogen and oxygen atoms in total. The molecule has 1 aromatic carbocycles. The van der Waals surface area contributed by atoms with Crippen molar-refractivity contribution in [2.45, 2.75) is 37.9 Å². The van der Waals surface area contributed by atoms with E-state index >= 15 is 0 Å². The number of nitrogens with zero attached hydrogens (tertiary/aromatic N) is 1. The molecule has 0 bridgehead atoms. The number of halogens is 4. The Bertz CT molecular complexity index is 492. The molecule has 1 heterocycles. The van der Waals surface area contributed by atoms with Gasteiger partial charge < -0.3 is 0 Å². The van der Waals surface area contributed by atoms with Crippen LogP contribution in [0.5, 0.6) is 0 Å². The zero-order chi connectivity index (χ0) is 14.3. The van der Waals surface area contributed by atoms with E-state index in [4.69, 9.17) is 0 Å². The molecule has 1 atom stereocenters. The van der Waals surface area contributed by atoms with Crippen molar-refractivity contribution in [3.05, 3.63) is 33.8 Å². The number of likely N-dealkylation sites (tertiary alicyclic amines) is 1. The van der Waals surface area contributed by atoms with E-state index in [9.17, 15) is 13.2 Å². The van der Waals surface area contributed by atoms with Crippen molar-refractivity contribution < 1.29 is 13.2 Å². The molecule has 5 heteroatoms. The van der Waals surface area contributed by atoms with Crippen LogP contribution >= 0.6 is 15.9 Å². The van der Waals surface area contributed by atoms with E-state index in [2.05, 4.69) is 33.0 Å². The van der Waals surface area contributed by atoms with Crippen molar-refractivity contribution in [2.24, 2.45) is 5.92 Å². The zero-order valence-electron chi connectivity index (χ0n) is 11.1. The van der Waals surface area contributed by atoms with Gasteiger partial charge in [-0.25, -0.2) is 0 Å². The van der Waals surface area contributed by atoms with E-state index in [-0.39, 0.29) is 12.8 Å². The minimum Gasteiger partial charge on any atom is -0.296 e. The van der Waals surface area contributed by atoms with Crippen LogP contribution in [0.2, 0.25) is 0 Å². The minimum atomic E-state index is -4.02. The molecule has 1 aliphatic carbocycles. The van der Waals surface area contributed by atoms with Crippen LogP contribution < -0.4 is 0 Å². The Labute approximate surface area is 125 Å². The highest BCUT2D eigenvalue weighted by Crippen LogP contribution is 2.41. The maximum Gasteiger partial charge on any atom is 0.391 e. The summed E-state index contributed by atoms with van der Waals surface area (Å²) in [6.07, 6.45) is -1.48. The molecule has 1 unspecified atom stereocenters. The third kappa shape index (κ3) is 2.75. The van der Waals surface area contributed by atoms with Crippen LogP contribution in [0.25, 0.3) is 0 Å². The summed E-state index contributed by atoms with van der Waals surface area (Å²) in [6, 6.07) is 6.59. The van der Waals surface area contributed by atoms with Crippen molar-refractivity contribution in [2.75, 3.05) is 13.1 Å². The van der Waals surface area contributed by atoms with Crippen molar-refractivity contribution in [3.8, 4) is 0 Å². The van der Waals surface area contributed by atoms with Gasteiger partial charge in [-0.2, -0.15) is 13.2 Å². The zero-order valence-corrected chi connectivity index (χ0v) is 12.7. The molecule has 0 aromatic heterocycles. The van der Waals surface area contributed by atoms with Gasteiger partial charge in [-0.3, -0.25) is 4.90 Å². The number of piperidine rings is 1. The molecule has 0 spiro atoms. The van der Waals surface area contributed by atoms with Gasteiger partial charge >= 0.3 is 6.18 Å². The lowest BCUT2D eigenvalue weighted by molar-refractivity contribution is -0.186. The average Bonchev–Trinajstić information content (AvgIpc) is 2.80. The Balaban J connectivity index is 1.69. The standard InChI is InChI=1S/C15H17BrF3N/c16-12-2-3-13-10(9-12)1-4-14(13)20-7-5-11(6-8-20)15(17,18)19/h2-3,9,11,14H,1,4-8H2. The highest BCUT2D eigenvalue weighted by atomic mass is 79.9. The van der Waals surface area contributed by atoms with Gasteiger partial charge in [0.15, 0.2) is 0 Å². The third-order valence-electron chi connectivity index (χ3n) is 4.58. The SMILES string of the molecule is FC(F)(F)C1CCN(C2CCc3cc(Br)ccc32)CC1. The number of benzene rings is 1. The Morgan fingerprint density at radius 2 is 1.80 bits per heavy atom. The largest absolute Gasteiger partial charge is 0.391 e. The van der Waals surface area contributed by atoms with Crippen molar-refractivity contribution in [1.29, 1.82) is 0 Å². The van der Waals surface area contributed by atoms with Gasteiger partial charge in [0, 0.05) is 10.5 Å². The van der Waals surface area contributed by atoms with Crippen LogP contribution in [0, 0.1) is 5.92 Å². The maximum absolute atomic E-state index is 12.7. The summed E-state index contributed by atoms with van der Waals surface area (Å²) >= 11 is 3.47. The van der Waals surface area contributed by atoms with E-state index in [1.165, 1.54) is 11.1 Å². The number of alkyl halides is 3. The van der Waals surface area contributed by atoms with E-state index < -0.39 is 12.1 Å². The monoisotopic (exact) mass is 347 g/mol. The third-order valence-corrected chi connectivity index (χ3v) is 5.08. The smallest absolute Gasteiger partial charge is 0.296 e. The quantitative estimate of drug-likeness (QED) is 0.710. The molecule has 0 amide bonds. The number of hydrogen-bond acceptors (Lipinski definition) is 1. The summed E-state index contributed by atoms with van der Waals surface area (Å²) in [4.78, 5) is 2.24. The van der Waals surface area contributed by atoms with Gasteiger partial charge in [0.05, 0.1) is 5.92 Å². The summed E-state index contributed by atoms with van der Waals surface area (Å²) in [6.45, 7) is 1.12. The van der Waals surface area contributed by atoms with Gasteiger partial charge in [-0.1, -0.05) is 22.0 Å². The molecule has 1 fully saturated rings. The van der Waals surface area contributed by atoms with Gasteiger partial charge in [-0.05, 0) is 62.0 Å². The second kappa shape index (κ2) is 5.34. The van der Waals surface area contributed by atoms with Crippen LogP contribution in [0.15, 0.2) is 22.7 Å². The second-order valence-electron chi connectivity index (χ2n) is 5.75. The molecule has 110 valence electrons. The van der Waals surface area contributed by atoms with E-state index in [1.807, 2.05) is 6.07 Å². The molecule has 1 saturated heterocycles. The highest BCUT2D eigenvalue weighted by Gasteiger charge is 2.42. The first kappa shape index (κ1) is 14.4. The molecule has 20 heavy (non-hydrogen) atoms. The summed E-state index contributed by atoms with van der Waals surface area (Å²) in [5, 5.41) is 0. The molecule has 1 aromatic rings. The van der Waals surface area contributed by atoms with Crippen LogP contribution in [0.1, 0.15) is 36.4 Å². The van der Waals surface area contributed by atoms with Crippen molar-refractivity contribution in [3.63, 3.8) is 0 Å². The molecule has 2 aliphatic rings. The van der Waals surface area contributed by atoms with Crippen LogP contribution in [0.3, 0.4) is 0 Å². The molecule has 0 radical (unpaired) electrons. The first-order valence-electron chi connectivity index (χ1n) is 7.04. The van der Waals surface area contributed by atoms with Gasteiger partial charge in [0.25, 0.3) is 0 Å². The minimum absolute atomic E-state index is 0.242. The predicted molar refractivity (Wildman–Crippen MR) is 75.6 cm³/mol. The van der Waals surface area contributed by atoms with Crippen molar-refractivity contribution in [1.82, 2.24) is 4.90 Å². The number of rotatable bonds is 1. The van der Waals surface area contributed by atoms with Gasteiger partial charge in [-0.15, -0.1) is 0 Å². The summed E-state index contributed by atoms with van der Waals surface area (Å²) in [5.74, 6) is -1.11. The average molecular weight is 348 g/mol. The molecule has 3 rings (SSSR count). The lowest BCUT2D eigenvalue weighted by atomic mass is 9.94. The molecular formula is C15H17BrF3N. The summed E-state index contributed by atoms with van der Waals surface area (Å²) in [5.41, 5.74) is 2.64. The molecule has 0 N–H and O–H groups in total. The predicted octanol–water partition coefficient (Wildman–Crippen LogP) is 4.71. The second-order valence-corrected chi connectivity index (χ2v) is 6.67. The maximum atomic E-state index is 12.7. The van der Waals surface area contributed by atoms with Crippen molar-refractivity contribution >= 4 is 15.9 Å². The number of aryl methyl sites for hydroxylation is 1. The molecule has 1 aliphatic heterocycles. The number of hydrogen-bond donors (Lipinski definition) is 0. The fourth-order valence-corrected chi connectivity index (χ4v) is 3.89. The molecule has 0 saturated carbocycles. The first-order valence-corrected chi connectivity index (χ1v) is 7.83. The Hall–Kier alpha value is -0.550. The topological polar surface area (TPSA) is 3.24 Å². The molecular weight excluding hydrogens is 331 g/mol. The van der Waals surface area contributed by atoms with E-state index in [1.54, 1.807) is 0 Å². The fraction of sp³-hybridized carbons (Fsp3) is 0.600. The van der Waals surface area contributed by atoms with Crippen LogP contribution in [-0.2, 0) is 6.42 Å². The summed E-state index contributed by atoms with van der Waals surface area (Å²) < 4.78 is 39.2. The fourth-order valence-electron chi connectivity index (χ4n) is 3.48. The lowest BCUT2D eigenvalue weighted by Crippen LogP contribution is -2.40. The normalized spacial score (nSPS) is 24.9. The van der Waals surface area contributed by atoms with E-state index in [0.717, 1.165) is 17.3 Å². The van der Waals surface area contributed by atoms with E-state index in [0.29, 0.717) is 19.1 Å². The summed E-state index contributed by atoms with van der Waals surface area (Å²) in [7, 11) is 0. The van der Waals surface area contributed by atoms with Gasteiger partial charge in [0.1, 0.15) is 0 Å². The Kier molecular flexibility index (Phi) is 3.84. The highest BCUT2D eigenvalue weighted by molar-refractivity contribution is 9.10.